The summed E-state index contributed by atoms with van der Waals surface area (Å²) in [6.07, 6.45) is 0.124. The van der Waals surface area contributed by atoms with E-state index >= 15 is 0 Å². The molecular weight excluding hydrogens is 174 g/mol. The molecule has 5 heteroatoms. The number of likely N-dealkylation sites (tertiary alicyclic amines) is 1. The Morgan fingerprint density at radius 3 is 2.92 bits per heavy atom. The SMILES string of the molecule is COCCN1CC(C(=O)O)CC1=O. The first-order chi connectivity index (χ1) is 6.15. The second-order valence-electron chi connectivity index (χ2n) is 3.07. The highest BCUT2D eigenvalue weighted by atomic mass is 16.5. The van der Waals surface area contributed by atoms with Crippen molar-refractivity contribution in [3.63, 3.8) is 0 Å². The zero-order valence-corrected chi connectivity index (χ0v) is 7.52. The minimum absolute atomic E-state index is 0.0931. The van der Waals surface area contributed by atoms with Gasteiger partial charge in [0.25, 0.3) is 0 Å². The van der Waals surface area contributed by atoms with Gasteiger partial charge in [-0.1, -0.05) is 0 Å². The Bertz CT molecular complexity index is 216. The summed E-state index contributed by atoms with van der Waals surface area (Å²) in [5.74, 6) is -1.53. The molecule has 0 bridgehead atoms. The van der Waals surface area contributed by atoms with E-state index in [1.165, 1.54) is 4.90 Å². The molecule has 1 aliphatic heterocycles. The lowest BCUT2D eigenvalue weighted by atomic mass is 10.1. The molecule has 13 heavy (non-hydrogen) atoms. The van der Waals surface area contributed by atoms with Crippen LogP contribution < -0.4 is 0 Å². The van der Waals surface area contributed by atoms with Gasteiger partial charge in [-0.25, -0.2) is 0 Å². The van der Waals surface area contributed by atoms with E-state index in [2.05, 4.69) is 0 Å². The second kappa shape index (κ2) is 4.23. The number of amides is 1. The summed E-state index contributed by atoms with van der Waals surface area (Å²) in [5.41, 5.74) is 0. The molecule has 1 saturated heterocycles. The van der Waals surface area contributed by atoms with E-state index < -0.39 is 11.9 Å². The first-order valence-electron chi connectivity index (χ1n) is 4.14. The fourth-order valence-corrected chi connectivity index (χ4v) is 1.36. The Kier molecular flexibility index (Phi) is 3.25. The van der Waals surface area contributed by atoms with Crippen LogP contribution in [0.1, 0.15) is 6.42 Å². The van der Waals surface area contributed by atoms with Crippen molar-refractivity contribution in [3.05, 3.63) is 0 Å². The van der Waals surface area contributed by atoms with Gasteiger partial charge in [0.05, 0.1) is 12.5 Å². The van der Waals surface area contributed by atoms with Gasteiger partial charge in [0.15, 0.2) is 0 Å². The molecule has 0 aromatic carbocycles. The third kappa shape index (κ3) is 2.42. The molecule has 1 unspecified atom stereocenters. The van der Waals surface area contributed by atoms with Crippen LogP contribution in [-0.2, 0) is 14.3 Å². The number of nitrogens with zero attached hydrogens (tertiary/aromatic N) is 1. The predicted molar refractivity (Wildman–Crippen MR) is 44.2 cm³/mol. The van der Waals surface area contributed by atoms with Crippen LogP contribution in [-0.4, -0.2) is 48.7 Å². The molecule has 0 aromatic heterocycles. The monoisotopic (exact) mass is 187 g/mol. The summed E-state index contributed by atoms with van der Waals surface area (Å²) in [5, 5.41) is 8.66. The lowest BCUT2D eigenvalue weighted by Gasteiger charge is -2.14. The van der Waals surface area contributed by atoms with Crippen molar-refractivity contribution in [2.75, 3.05) is 26.8 Å². The normalized spacial score (nSPS) is 22.4. The molecule has 0 aromatic rings. The zero-order valence-electron chi connectivity index (χ0n) is 7.52. The Balaban J connectivity index is 2.42. The van der Waals surface area contributed by atoms with Gasteiger partial charge in [0.2, 0.25) is 5.91 Å². The number of rotatable bonds is 4. The van der Waals surface area contributed by atoms with Crippen LogP contribution >= 0.6 is 0 Å². The van der Waals surface area contributed by atoms with Crippen molar-refractivity contribution in [1.82, 2.24) is 4.90 Å². The summed E-state index contributed by atoms with van der Waals surface area (Å²) < 4.78 is 4.81. The Labute approximate surface area is 76.3 Å². The fourth-order valence-electron chi connectivity index (χ4n) is 1.36. The average molecular weight is 187 g/mol. The largest absolute Gasteiger partial charge is 0.481 e. The lowest BCUT2D eigenvalue weighted by molar-refractivity contribution is -0.141. The quantitative estimate of drug-likeness (QED) is 0.648. The van der Waals surface area contributed by atoms with Crippen LogP contribution in [0.3, 0.4) is 0 Å². The van der Waals surface area contributed by atoms with Crippen LogP contribution in [0.4, 0.5) is 0 Å². The molecule has 0 aliphatic carbocycles. The first kappa shape index (κ1) is 9.98. The highest BCUT2D eigenvalue weighted by Crippen LogP contribution is 2.17. The third-order valence-corrected chi connectivity index (χ3v) is 2.13. The Morgan fingerprint density at radius 1 is 1.77 bits per heavy atom. The molecule has 0 spiro atoms. The predicted octanol–water partition coefficient (Wildman–Crippen LogP) is -0.434. The van der Waals surface area contributed by atoms with E-state index in [-0.39, 0.29) is 12.3 Å². The van der Waals surface area contributed by atoms with Crippen molar-refractivity contribution < 1.29 is 19.4 Å². The Morgan fingerprint density at radius 2 is 2.46 bits per heavy atom. The summed E-state index contributed by atoms with van der Waals surface area (Å²) in [7, 11) is 1.55. The third-order valence-electron chi connectivity index (χ3n) is 2.13. The highest BCUT2D eigenvalue weighted by Gasteiger charge is 2.33. The first-order valence-corrected chi connectivity index (χ1v) is 4.14. The van der Waals surface area contributed by atoms with Crippen LogP contribution in [0.15, 0.2) is 0 Å². The second-order valence-corrected chi connectivity index (χ2v) is 3.07. The van der Waals surface area contributed by atoms with Crippen molar-refractivity contribution in [2.45, 2.75) is 6.42 Å². The number of carboxylic acid groups (broad SMARTS) is 1. The minimum atomic E-state index is -0.895. The van der Waals surface area contributed by atoms with Crippen LogP contribution in [0.2, 0.25) is 0 Å². The molecule has 1 amide bonds. The number of carbonyl (C=O) groups excluding carboxylic acids is 1. The zero-order chi connectivity index (χ0) is 9.84. The van der Waals surface area contributed by atoms with Gasteiger partial charge in [-0.3, -0.25) is 9.59 Å². The maximum absolute atomic E-state index is 11.2. The minimum Gasteiger partial charge on any atom is -0.481 e. The molecule has 1 rings (SSSR count). The van der Waals surface area contributed by atoms with Crippen molar-refractivity contribution in [3.8, 4) is 0 Å². The molecular formula is C8H13NO4. The van der Waals surface area contributed by atoms with Gasteiger partial charge in [-0.2, -0.15) is 0 Å². The molecule has 1 fully saturated rings. The van der Waals surface area contributed by atoms with Crippen molar-refractivity contribution in [1.29, 1.82) is 0 Å². The molecule has 74 valence electrons. The van der Waals surface area contributed by atoms with E-state index in [9.17, 15) is 9.59 Å². The lowest BCUT2D eigenvalue weighted by Crippen LogP contribution is -2.29. The summed E-state index contributed by atoms with van der Waals surface area (Å²) in [4.78, 5) is 23.3. The van der Waals surface area contributed by atoms with Crippen LogP contribution in [0, 0.1) is 5.92 Å². The van der Waals surface area contributed by atoms with Crippen LogP contribution in [0.5, 0.6) is 0 Å². The molecule has 1 atom stereocenters. The molecule has 1 N–H and O–H groups in total. The molecule has 1 heterocycles. The maximum Gasteiger partial charge on any atom is 0.308 e. The van der Waals surface area contributed by atoms with Crippen molar-refractivity contribution in [2.24, 2.45) is 5.92 Å². The van der Waals surface area contributed by atoms with Crippen molar-refractivity contribution >= 4 is 11.9 Å². The molecule has 0 radical (unpaired) electrons. The van der Waals surface area contributed by atoms with E-state index in [1.54, 1.807) is 7.11 Å². The maximum atomic E-state index is 11.2. The van der Waals surface area contributed by atoms with E-state index in [4.69, 9.17) is 9.84 Å². The van der Waals surface area contributed by atoms with Gasteiger partial charge in [-0.05, 0) is 0 Å². The smallest absolute Gasteiger partial charge is 0.308 e. The Hall–Kier alpha value is -1.10. The van der Waals surface area contributed by atoms with Crippen LogP contribution in [0.25, 0.3) is 0 Å². The van der Waals surface area contributed by atoms with Gasteiger partial charge >= 0.3 is 5.97 Å². The van der Waals surface area contributed by atoms with E-state index in [0.717, 1.165) is 0 Å². The molecule has 5 nitrogen and oxygen atoms in total. The fraction of sp³-hybridized carbons (Fsp3) is 0.750. The number of methoxy groups -OCH3 is 1. The number of hydrogen-bond donors (Lipinski definition) is 1. The summed E-state index contributed by atoms with van der Waals surface area (Å²) in [6.45, 7) is 1.26. The average Bonchev–Trinajstić information content (AvgIpc) is 2.44. The molecule has 1 aliphatic rings. The topological polar surface area (TPSA) is 66.8 Å². The standard InChI is InChI=1S/C8H13NO4/c1-13-3-2-9-5-6(8(11)12)4-7(9)10/h6H,2-5H2,1H3,(H,11,12). The number of hydrogen-bond acceptors (Lipinski definition) is 3. The highest BCUT2D eigenvalue weighted by molar-refractivity contribution is 5.86. The number of carbonyl (C=O) groups is 2. The number of ether oxygens (including phenoxy) is 1. The summed E-state index contributed by atoms with van der Waals surface area (Å²) >= 11 is 0. The van der Waals surface area contributed by atoms with Gasteiger partial charge in [0.1, 0.15) is 0 Å². The number of carboxylic acids is 1. The summed E-state index contributed by atoms with van der Waals surface area (Å²) in [6, 6.07) is 0. The van der Waals surface area contributed by atoms with Gasteiger partial charge in [0, 0.05) is 26.6 Å². The van der Waals surface area contributed by atoms with Gasteiger partial charge in [-0.15, -0.1) is 0 Å². The number of aliphatic carboxylic acids is 1. The van der Waals surface area contributed by atoms with Gasteiger partial charge < -0.3 is 14.7 Å². The van der Waals surface area contributed by atoms with E-state index in [0.29, 0.717) is 19.7 Å². The van der Waals surface area contributed by atoms with E-state index in [1.807, 2.05) is 0 Å². The molecule has 0 saturated carbocycles.